The molecule has 0 spiro atoms. The second-order valence-corrected chi connectivity index (χ2v) is 9.14. The summed E-state index contributed by atoms with van der Waals surface area (Å²) in [5.74, 6) is 1.41. The van der Waals surface area contributed by atoms with Gasteiger partial charge in [-0.2, -0.15) is 0 Å². The summed E-state index contributed by atoms with van der Waals surface area (Å²) in [6, 6.07) is 14.4. The van der Waals surface area contributed by atoms with Gasteiger partial charge in [-0.25, -0.2) is 4.39 Å². The Kier molecular flexibility index (Phi) is 8.47. The van der Waals surface area contributed by atoms with Gasteiger partial charge >= 0.3 is 0 Å². The molecule has 0 aromatic heterocycles. The predicted molar refractivity (Wildman–Crippen MR) is 122 cm³/mol. The number of halogens is 1. The maximum Gasteiger partial charge on any atom is 0.223 e. The first kappa shape index (κ1) is 23.3. The van der Waals surface area contributed by atoms with E-state index in [0.717, 1.165) is 42.8 Å². The van der Waals surface area contributed by atoms with Crippen LogP contribution in [-0.4, -0.2) is 37.6 Å². The molecule has 1 amide bonds. The van der Waals surface area contributed by atoms with E-state index in [1.54, 1.807) is 12.1 Å². The second-order valence-electron chi connectivity index (χ2n) is 9.14. The standard InChI is InChI=1S/C26H35FN2O2/c1-19(2)18-31-24-10-6-21(7-11-24)17-28-26(30)25(22-12-14-29(3)15-13-22)16-20-4-8-23(27)9-5-20/h4-11,19,22,25H,12-18H2,1-3H3,(H,28,30). The Morgan fingerprint density at radius 2 is 1.68 bits per heavy atom. The third kappa shape index (κ3) is 7.35. The lowest BCUT2D eigenvalue weighted by Crippen LogP contribution is -2.41. The van der Waals surface area contributed by atoms with Crippen molar-refractivity contribution >= 4 is 5.91 Å². The van der Waals surface area contributed by atoms with E-state index in [4.69, 9.17) is 4.74 Å². The van der Waals surface area contributed by atoms with Crippen LogP contribution in [0, 0.1) is 23.6 Å². The molecule has 1 heterocycles. The topological polar surface area (TPSA) is 41.6 Å². The van der Waals surface area contributed by atoms with Crippen molar-refractivity contribution in [3.05, 3.63) is 65.5 Å². The summed E-state index contributed by atoms with van der Waals surface area (Å²) >= 11 is 0. The number of benzene rings is 2. The number of carbonyl (C=O) groups is 1. The number of rotatable bonds is 9. The third-order valence-electron chi connectivity index (χ3n) is 6.01. The van der Waals surface area contributed by atoms with Crippen molar-refractivity contribution in [3.63, 3.8) is 0 Å². The molecule has 1 atom stereocenters. The second kappa shape index (κ2) is 11.3. The van der Waals surface area contributed by atoms with Crippen LogP contribution in [0.3, 0.4) is 0 Å². The van der Waals surface area contributed by atoms with Gasteiger partial charge in [0.05, 0.1) is 6.61 Å². The normalized spacial score (nSPS) is 16.3. The number of carbonyl (C=O) groups excluding carboxylic acids is 1. The summed E-state index contributed by atoms with van der Waals surface area (Å²) in [7, 11) is 2.12. The lowest BCUT2D eigenvalue weighted by Gasteiger charge is -2.34. The summed E-state index contributed by atoms with van der Waals surface area (Å²) in [4.78, 5) is 15.5. The maximum atomic E-state index is 13.3. The number of likely N-dealkylation sites (tertiary alicyclic amines) is 1. The summed E-state index contributed by atoms with van der Waals surface area (Å²) in [6.45, 7) is 7.45. The number of ether oxygens (including phenoxy) is 1. The molecular weight excluding hydrogens is 391 g/mol. The molecule has 5 heteroatoms. The minimum absolute atomic E-state index is 0.0824. The summed E-state index contributed by atoms with van der Waals surface area (Å²) < 4.78 is 19.0. The molecular formula is C26H35FN2O2. The van der Waals surface area contributed by atoms with Crippen molar-refractivity contribution in [2.24, 2.45) is 17.8 Å². The average molecular weight is 427 g/mol. The molecule has 4 nitrogen and oxygen atoms in total. The summed E-state index contributed by atoms with van der Waals surface area (Å²) in [5.41, 5.74) is 2.06. The van der Waals surface area contributed by atoms with Crippen molar-refractivity contribution in [2.75, 3.05) is 26.7 Å². The van der Waals surface area contributed by atoms with E-state index in [1.165, 1.54) is 12.1 Å². The van der Waals surface area contributed by atoms with E-state index in [9.17, 15) is 9.18 Å². The summed E-state index contributed by atoms with van der Waals surface area (Å²) in [6.07, 6.45) is 2.66. The maximum absolute atomic E-state index is 13.3. The third-order valence-corrected chi connectivity index (χ3v) is 6.01. The van der Waals surface area contributed by atoms with E-state index in [0.29, 0.717) is 31.4 Å². The molecule has 1 unspecified atom stereocenters. The quantitative estimate of drug-likeness (QED) is 0.633. The Morgan fingerprint density at radius 1 is 1.06 bits per heavy atom. The van der Waals surface area contributed by atoms with Gasteiger partial charge in [0.15, 0.2) is 0 Å². The molecule has 1 saturated heterocycles. The molecule has 2 aromatic carbocycles. The average Bonchev–Trinajstić information content (AvgIpc) is 2.77. The van der Waals surface area contributed by atoms with Gasteiger partial charge in [-0.1, -0.05) is 38.1 Å². The first-order valence-corrected chi connectivity index (χ1v) is 11.3. The zero-order valence-electron chi connectivity index (χ0n) is 18.9. The fourth-order valence-electron chi connectivity index (χ4n) is 4.07. The fourth-order valence-corrected chi connectivity index (χ4v) is 4.07. The zero-order chi connectivity index (χ0) is 22.2. The van der Waals surface area contributed by atoms with Crippen LogP contribution in [0.1, 0.15) is 37.8 Å². The van der Waals surface area contributed by atoms with Crippen LogP contribution in [-0.2, 0) is 17.8 Å². The molecule has 1 aliphatic rings. The lowest BCUT2D eigenvalue weighted by molar-refractivity contribution is -0.127. The van der Waals surface area contributed by atoms with Gasteiger partial charge in [0, 0.05) is 12.5 Å². The van der Waals surface area contributed by atoms with E-state index < -0.39 is 0 Å². The van der Waals surface area contributed by atoms with Crippen LogP contribution in [0.2, 0.25) is 0 Å². The smallest absolute Gasteiger partial charge is 0.223 e. The van der Waals surface area contributed by atoms with Crippen molar-refractivity contribution in [2.45, 2.75) is 39.7 Å². The van der Waals surface area contributed by atoms with Crippen LogP contribution >= 0.6 is 0 Å². The Labute approximate surface area is 185 Å². The van der Waals surface area contributed by atoms with E-state index in [1.807, 2.05) is 24.3 Å². The van der Waals surface area contributed by atoms with Crippen molar-refractivity contribution < 1.29 is 13.9 Å². The highest BCUT2D eigenvalue weighted by Gasteiger charge is 2.30. The van der Waals surface area contributed by atoms with Gasteiger partial charge in [0.1, 0.15) is 11.6 Å². The van der Waals surface area contributed by atoms with Crippen LogP contribution in [0.5, 0.6) is 5.75 Å². The zero-order valence-corrected chi connectivity index (χ0v) is 18.9. The molecule has 3 rings (SSSR count). The minimum atomic E-state index is -0.245. The van der Waals surface area contributed by atoms with E-state index in [2.05, 4.69) is 31.1 Å². The Bertz CT molecular complexity index is 812. The van der Waals surface area contributed by atoms with Gasteiger partial charge in [-0.3, -0.25) is 4.79 Å². The first-order valence-electron chi connectivity index (χ1n) is 11.3. The number of nitrogens with one attached hydrogen (secondary N) is 1. The predicted octanol–water partition coefficient (Wildman–Crippen LogP) is 4.68. The highest BCUT2D eigenvalue weighted by atomic mass is 19.1. The highest BCUT2D eigenvalue weighted by Crippen LogP contribution is 2.28. The Balaban J connectivity index is 1.61. The molecule has 1 aliphatic heterocycles. The van der Waals surface area contributed by atoms with Crippen LogP contribution < -0.4 is 10.1 Å². The van der Waals surface area contributed by atoms with Crippen LogP contribution in [0.4, 0.5) is 4.39 Å². The number of nitrogens with zero attached hydrogens (tertiary/aromatic N) is 1. The molecule has 168 valence electrons. The highest BCUT2D eigenvalue weighted by molar-refractivity contribution is 5.79. The largest absolute Gasteiger partial charge is 0.493 e. The van der Waals surface area contributed by atoms with Crippen molar-refractivity contribution in [1.29, 1.82) is 0 Å². The fraction of sp³-hybridized carbons (Fsp3) is 0.500. The molecule has 2 aromatic rings. The first-order chi connectivity index (χ1) is 14.9. The minimum Gasteiger partial charge on any atom is -0.493 e. The van der Waals surface area contributed by atoms with Gasteiger partial charge in [0.2, 0.25) is 5.91 Å². The lowest BCUT2D eigenvalue weighted by atomic mass is 9.80. The van der Waals surface area contributed by atoms with Crippen LogP contribution in [0.15, 0.2) is 48.5 Å². The van der Waals surface area contributed by atoms with E-state index in [-0.39, 0.29) is 17.6 Å². The number of amides is 1. The molecule has 0 bridgehead atoms. The van der Waals surface area contributed by atoms with Crippen molar-refractivity contribution in [1.82, 2.24) is 10.2 Å². The van der Waals surface area contributed by atoms with Crippen molar-refractivity contribution in [3.8, 4) is 5.75 Å². The molecule has 0 saturated carbocycles. The number of piperidine rings is 1. The molecule has 0 radical (unpaired) electrons. The number of hydrogen-bond donors (Lipinski definition) is 1. The van der Waals surface area contributed by atoms with Gasteiger partial charge in [-0.15, -0.1) is 0 Å². The molecule has 1 N–H and O–H groups in total. The Hall–Kier alpha value is -2.40. The van der Waals surface area contributed by atoms with Gasteiger partial charge in [0.25, 0.3) is 0 Å². The van der Waals surface area contributed by atoms with E-state index >= 15 is 0 Å². The SMILES string of the molecule is CC(C)COc1ccc(CNC(=O)C(Cc2ccc(F)cc2)C2CCN(C)CC2)cc1. The van der Waals surface area contributed by atoms with Crippen LogP contribution in [0.25, 0.3) is 0 Å². The molecule has 1 fully saturated rings. The van der Waals surface area contributed by atoms with Gasteiger partial charge < -0.3 is 15.0 Å². The molecule has 0 aliphatic carbocycles. The molecule has 31 heavy (non-hydrogen) atoms. The summed E-state index contributed by atoms with van der Waals surface area (Å²) in [5, 5.41) is 3.14. The Morgan fingerprint density at radius 3 is 2.29 bits per heavy atom. The number of hydrogen-bond acceptors (Lipinski definition) is 3. The van der Waals surface area contributed by atoms with Gasteiger partial charge in [-0.05, 0) is 86.6 Å². The monoisotopic (exact) mass is 426 g/mol.